The summed E-state index contributed by atoms with van der Waals surface area (Å²) >= 11 is 0. The van der Waals surface area contributed by atoms with Crippen LogP contribution >= 0.6 is 12.4 Å². The number of rotatable bonds is 18. The predicted octanol–water partition coefficient (Wildman–Crippen LogP) is 9.56. The van der Waals surface area contributed by atoms with Crippen LogP contribution in [0.5, 0.6) is 23.0 Å². The second-order valence-electron chi connectivity index (χ2n) is 13.8. The van der Waals surface area contributed by atoms with E-state index in [2.05, 4.69) is 62.6 Å². The van der Waals surface area contributed by atoms with Crippen molar-refractivity contribution in [3.05, 3.63) is 46.5 Å². The molecular formula is C39H63ClN2O4. The lowest BCUT2D eigenvalue weighted by atomic mass is 9.78. The smallest absolute Gasteiger partial charge is 0.161 e. The molecule has 0 radical (unpaired) electrons. The molecule has 0 spiro atoms. The van der Waals surface area contributed by atoms with E-state index in [9.17, 15) is 0 Å². The molecule has 46 heavy (non-hydrogen) atoms. The molecule has 0 fully saturated rings. The number of hydrogen-bond acceptors (Lipinski definition) is 6. The summed E-state index contributed by atoms with van der Waals surface area (Å²) in [6.45, 7) is 9.28. The molecule has 2 aliphatic rings. The first-order valence-corrected chi connectivity index (χ1v) is 17.9. The highest BCUT2D eigenvalue weighted by Gasteiger charge is 2.33. The molecule has 7 heteroatoms. The van der Waals surface area contributed by atoms with Gasteiger partial charge in [-0.05, 0) is 111 Å². The van der Waals surface area contributed by atoms with Crippen molar-refractivity contribution in [2.24, 2.45) is 11.8 Å². The Hall–Kier alpha value is -2.15. The van der Waals surface area contributed by atoms with Crippen molar-refractivity contribution in [3.63, 3.8) is 0 Å². The Labute approximate surface area is 286 Å². The van der Waals surface area contributed by atoms with Gasteiger partial charge in [-0.15, -0.1) is 12.4 Å². The highest BCUT2D eigenvalue weighted by molar-refractivity contribution is 5.85. The summed E-state index contributed by atoms with van der Waals surface area (Å²) < 4.78 is 22.8. The summed E-state index contributed by atoms with van der Waals surface area (Å²) in [4.78, 5) is 0. The standard InChI is InChI=1S/C39H62N2O4.ClH/c1-9-11-16-28(38-32-24-36(44-7)34(42-5)22-30(32)20-26(3)40-38)18-14-13-15-19-29(17-12-10-2)39-33-25-37(45-8)35(43-6)23-31(33)21-27(4)41-39;/h22-29,38-41H,9-21H2,1-8H3;1H. The van der Waals surface area contributed by atoms with Gasteiger partial charge in [-0.25, -0.2) is 0 Å². The number of nitrogens with one attached hydrogen (secondary N) is 2. The molecular weight excluding hydrogens is 596 g/mol. The quantitative estimate of drug-likeness (QED) is 0.156. The molecule has 6 atom stereocenters. The predicted molar refractivity (Wildman–Crippen MR) is 194 cm³/mol. The number of fused-ring (bicyclic) bond motifs is 2. The maximum atomic E-state index is 5.73. The van der Waals surface area contributed by atoms with Crippen LogP contribution in [-0.4, -0.2) is 40.5 Å². The van der Waals surface area contributed by atoms with Gasteiger partial charge >= 0.3 is 0 Å². The van der Waals surface area contributed by atoms with Crippen molar-refractivity contribution in [1.29, 1.82) is 0 Å². The lowest BCUT2D eigenvalue weighted by Gasteiger charge is -2.38. The van der Waals surface area contributed by atoms with Gasteiger partial charge in [0.1, 0.15) is 0 Å². The molecule has 4 rings (SSSR count). The minimum atomic E-state index is 0. The average Bonchev–Trinajstić information content (AvgIpc) is 3.05. The summed E-state index contributed by atoms with van der Waals surface area (Å²) in [6, 6.07) is 10.6. The Morgan fingerprint density at radius 2 is 0.913 bits per heavy atom. The maximum absolute atomic E-state index is 5.73. The zero-order valence-corrected chi connectivity index (χ0v) is 30.8. The molecule has 2 aliphatic heterocycles. The van der Waals surface area contributed by atoms with Crippen LogP contribution in [0.2, 0.25) is 0 Å². The third-order valence-electron chi connectivity index (χ3n) is 10.4. The van der Waals surface area contributed by atoms with Crippen molar-refractivity contribution in [2.45, 2.75) is 135 Å². The second-order valence-corrected chi connectivity index (χ2v) is 13.8. The molecule has 260 valence electrons. The highest BCUT2D eigenvalue weighted by Crippen LogP contribution is 2.43. The van der Waals surface area contributed by atoms with Gasteiger partial charge in [0, 0.05) is 24.2 Å². The Bertz CT molecular complexity index is 1120. The molecule has 0 aliphatic carbocycles. The monoisotopic (exact) mass is 658 g/mol. The first-order valence-electron chi connectivity index (χ1n) is 17.9. The van der Waals surface area contributed by atoms with Gasteiger partial charge in [0.25, 0.3) is 0 Å². The molecule has 2 heterocycles. The van der Waals surface area contributed by atoms with E-state index in [1.807, 2.05) is 0 Å². The summed E-state index contributed by atoms with van der Waals surface area (Å²) in [5.74, 6) is 4.61. The van der Waals surface area contributed by atoms with Gasteiger partial charge in [-0.2, -0.15) is 0 Å². The fourth-order valence-corrected chi connectivity index (χ4v) is 8.03. The third-order valence-corrected chi connectivity index (χ3v) is 10.4. The molecule has 6 nitrogen and oxygen atoms in total. The molecule has 2 aromatic rings. The number of unbranched alkanes of at least 4 members (excludes halogenated alkanes) is 4. The molecule has 0 amide bonds. The van der Waals surface area contributed by atoms with E-state index in [4.69, 9.17) is 18.9 Å². The van der Waals surface area contributed by atoms with Gasteiger partial charge in [0.2, 0.25) is 0 Å². The SMILES string of the molecule is CCCCC(CCCCCC(CCCC)C1NC(C)Cc2cc(OC)c(OC)cc21)C1NC(C)Cc2cc(OC)c(OC)cc21.Cl. The zero-order chi connectivity index (χ0) is 32.3. The minimum absolute atomic E-state index is 0. The van der Waals surface area contributed by atoms with Crippen LogP contribution in [0.4, 0.5) is 0 Å². The molecule has 0 saturated carbocycles. The highest BCUT2D eigenvalue weighted by atomic mass is 35.5. The summed E-state index contributed by atoms with van der Waals surface area (Å²) in [5.41, 5.74) is 5.64. The van der Waals surface area contributed by atoms with E-state index in [0.717, 1.165) is 35.8 Å². The molecule has 0 aromatic heterocycles. The number of benzene rings is 2. The van der Waals surface area contributed by atoms with Crippen LogP contribution in [0, 0.1) is 11.8 Å². The number of halogens is 1. The molecule has 2 aromatic carbocycles. The van der Waals surface area contributed by atoms with E-state index in [1.165, 1.54) is 92.9 Å². The first-order chi connectivity index (χ1) is 21.9. The van der Waals surface area contributed by atoms with Crippen molar-refractivity contribution in [3.8, 4) is 23.0 Å². The lowest BCUT2D eigenvalue weighted by Crippen LogP contribution is -2.41. The van der Waals surface area contributed by atoms with E-state index in [-0.39, 0.29) is 12.4 Å². The first kappa shape index (κ1) is 38.3. The van der Waals surface area contributed by atoms with Crippen LogP contribution in [0.3, 0.4) is 0 Å². The van der Waals surface area contributed by atoms with Crippen LogP contribution in [0.25, 0.3) is 0 Å². The second kappa shape index (κ2) is 19.0. The van der Waals surface area contributed by atoms with E-state index < -0.39 is 0 Å². The molecule has 0 saturated heterocycles. The average molecular weight is 659 g/mol. The topological polar surface area (TPSA) is 61.0 Å². The van der Waals surface area contributed by atoms with Crippen LogP contribution in [0.1, 0.15) is 133 Å². The van der Waals surface area contributed by atoms with E-state index in [0.29, 0.717) is 36.0 Å². The Morgan fingerprint density at radius 3 is 1.26 bits per heavy atom. The van der Waals surface area contributed by atoms with Crippen LogP contribution in [0.15, 0.2) is 24.3 Å². The third kappa shape index (κ3) is 9.48. The Balaban J connectivity index is 0.00000576. The minimum Gasteiger partial charge on any atom is -0.493 e. The molecule has 6 unspecified atom stereocenters. The zero-order valence-electron chi connectivity index (χ0n) is 30.0. The Kier molecular flexibility index (Phi) is 15.8. The van der Waals surface area contributed by atoms with Gasteiger partial charge in [0.05, 0.1) is 28.4 Å². The summed E-state index contributed by atoms with van der Waals surface area (Å²) in [6.07, 6.45) is 16.0. The number of ether oxygens (including phenoxy) is 4. The van der Waals surface area contributed by atoms with Gasteiger partial charge in [0.15, 0.2) is 23.0 Å². The van der Waals surface area contributed by atoms with Gasteiger partial charge in [-0.1, -0.05) is 58.8 Å². The summed E-state index contributed by atoms with van der Waals surface area (Å²) in [7, 11) is 6.97. The molecule has 2 N–H and O–H groups in total. The number of methoxy groups -OCH3 is 4. The fourth-order valence-electron chi connectivity index (χ4n) is 8.03. The van der Waals surface area contributed by atoms with Crippen molar-refractivity contribution >= 4 is 12.4 Å². The van der Waals surface area contributed by atoms with Crippen molar-refractivity contribution < 1.29 is 18.9 Å². The Morgan fingerprint density at radius 1 is 0.565 bits per heavy atom. The normalized spacial score (nSPS) is 21.7. The largest absolute Gasteiger partial charge is 0.493 e. The van der Waals surface area contributed by atoms with Gasteiger partial charge in [-0.3, -0.25) is 0 Å². The van der Waals surface area contributed by atoms with Crippen molar-refractivity contribution in [2.75, 3.05) is 28.4 Å². The van der Waals surface area contributed by atoms with Crippen LogP contribution < -0.4 is 29.6 Å². The molecule has 0 bridgehead atoms. The number of hydrogen-bond donors (Lipinski definition) is 2. The maximum Gasteiger partial charge on any atom is 0.161 e. The lowest BCUT2D eigenvalue weighted by molar-refractivity contribution is 0.257. The van der Waals surface area contributed by atoms with E-state index in [1.54, 1.807) is 28.4 Å². The van der Waals surface area contributed by atoms with E-state index >= 15 is 0 Å². The van der Waals surface area contributed by atoms with Gasteiger partial charge < -0.3 is 29.6 Å². The fraction of sp³-hybridized carbons (Fsp3) is 0.692. The summed E-state index contributed by atoms with van der Waals surface area (Å²) in [5, 5.41) is 8.01. The van der Waals surface area contributed by atoms with Crippen molar-refractivity contribution in [1.82, 2.24) is 10.6 Å². The van der Waals surface area contributed by atoms with Crippen LogP contribution in [-0.2, 0) is 12.8 Å².